The Hall–Kier alpha value is -3.40. The number of carbonyl (C=O) groups excluding carboxylic acids is 3. The van der Waals surface area contributed by atoms with E-state index in [1.165, 1.54) is 4.90 Å². The van der Waals surface area contributed by atoms with Crippen molar-refractivity contribution in [2.45, 2.75) is 65.5 Å². The van der Waals surface area contributed by atoms with E-state index in [1.807, 2.05) is 44.2 Å². The van der Waals surface area contributed by atoms with E-state index in [9.17, 15) is 14.4 Å². The summed E-state index contributed by atoms with van der Waals surface area (Å²) in [6.07, 6.45) is 1.85. The lowest BCUT2D eigenvalue weighted by Crippen LogP contribution is -2.74. The van der Waals surface area contributed by atoms with Crippen molar-refractivity contribution < 1.29 is 24.0 Å². The number of piperazine rings is 1. The molecule has 2 aliphatic heterocycles. The van der Waals surface area contributed by atoms with Crippen LogP contribution < -0.4 is 0 Å². The van der Waals surface area contributed by atoms with Gasteiger partial charge in [0.15, 0.2) is 12.3 Å². The van der Waals surface area contributed by atoms with Gasteiger partial charge in [0, 0.05) is 24.9 Å². The molecule has 0 aliphatic carbocycles. The third-order valence-electron chi connectivity index (χ3n) is 6.57. The summed E-state index contributed by atoms with van der Waals surface area (Å²) >= 11 is 0. The number of H-pyrrole nitrogens is 1. The molecule has 2 fully saturated rings. The van der Waals surface area contributed by atoms with Gasteiger partial charge in [-0.25, -0.2) is 9.78 Å². The van der Waals surface area contributed by atoms with Crippen LogP contribution in [-0.2, 0) is 32.2 Å². The number of carbonyl (C=O) groups is 3. The molecule has 1 N–H and O–H groups in total. The van der Waals surface area contributed by atoms with Gasteiger partial charge in [-0.15, -0.1) is 0 Å². The molecule has 36 heavy (non-hydrogen) atoms. The molecule has 1 unspecified atom stereocenters. The molecule has 4 rings (SSSR count). The SMILES string of the molecule is CC(C)CCN1CC2N(C(=O)OCc3ccccc3)O[C@H](C(C)C)C(=O)N2[C@@H](Cc2cnc[nH]2)C1=O. The van der Waals surface area contributed by atoms with E-state index in [0.29, 0.717) is 12.5 Å². The summed E-state index contributed by atoms with van der Waals surface area (Å²) in [5.74, 6) is -0.270. The van der Waals surface area contributed by atoms with Gasteiger partial charge < -0.3 is 19.5 Å². The third kappa shape index (κ3) is 5.53. The van der Waals surface area contributed by atoms with Crippen LogP contribution in [0.15, 0.2) is 42.9 Å². The molecule has 10 nitrogen and oxygen atoms in total. The maximum absolute atomic E-state index is 13.7. The normalized spacial score (nSPS) is 22.4. The summed E-state index contributed by atoms with van der Waals surface area (Å²) in [5, 5.41) is 1.16. The average molecular weight is 498 g/mol. The lowest BCUT2D eigenvalue weighted by atomic mass is 9.98. The molecule has 3 amide bonds. The van der Waals surface area contributed by atoms with E-state index in [4.69, 9.17) is 9.57 Å². The minimum atomic E-state index is -0.912. The Kier molecular flexibility index (Phi) is 7.93. The maximum atomic E-state index is 13.7. The van der Waals surface area contributed by atoms with E-state index in [0.717, 1.165) is 22.7 Å². The number of aromatic amines is 1. The molecule has 2 saturated heterocycles. The summed E-state index contributed by atoms with van der Waals surface area (Å²) in [6.45, 7) is 8.63. The van der Waals surface area contributed by atoms with Gasteiger partial charge in [-0.2, -0.15) is 5.06 Å². The van der Waals surface area contributed by atoms with E-state index in [-0.39, 0.29) is 37.3 Å². The predicted molar refractivity (Wildman–Crippen MR) is 131 cm³/mol. The summed E-state index contributed by atoms with van der Waals surface area (Å²) < 4.78 is 5.59. The van der Waals surface area contributed by atoms with Gasteiger partial charge in [0.1, 0.15) is 12.6 Å². The highest BCUT2D eigenvalue weighted by Crippen LogP contribution is 2.31. The largest absolute Gasteiger partial charge is 0.443 e. The highest BCUT2D eigenvalue weighted by Gasteiger charge is 2.53. The lowest BCUT2D eigenvalue weighted by Gasteiger charge is -2.53. The minimum absolute atomic E-state index is 0.0696. The van der Waals surface area contributed by atoms with Crippen molar-refractivity contribution in [2.24, 2.45) is 11.8 Å². The van der Waals surface area contributed by atoms with Crippen LogP contribution in [0.2, 0.25) is 0 Å². The summed E-state index contributed by atoms with van der Waals surface area (Å²) in [4.78, 5) is 56.9. The number of rotatable bonds is 8. The van der Waals surface area contributed by atoms with Crippen LogP contribution in [0, 0.1) is 11.8 Å². The van der Waals surface area contributed by atoms with Crippen molar-refractivity contribution in [3.63, 3.8) is 0 Å². The first-order valence-electron chi connectivity index (χ1n) is 12.5. The fourth-order valence-electron chi connectivity index (χ4n) is 4.55. The fourth-order valence-corrected chi connectivity index (χ4v) is 4.55. The first kappa shape index (κ1) is 25.7. The number of imidazole rings is 1. The van der Waals surface area contributed by atoms with Crippen LogP contribution in [0.1, 0.15) is 45.4 Å². The lowest BCUT2D eigenvalue weighted by molar-refractivity contribution is -0.273. The van der Waals surface area contributed by atoms with Crippen molar-refractivity contribution in [1.82, 2.24) is 24.8 Å². The van der Waals surface area contributed by atoms with Gasteiger partial charge in [-0.1, -0.05) is 58.0 Å². The molecule has 0 saturated carbocycles. The molecular formula is C26H35N5O5. The van der Waals surface area contributed by atoms with Gasteiger partial charge in [-0.05, 0) is 23.8 Å². The van der Waals surface area contributed by atoms with Crippen LogP contribution in [0.5, 0.6) is 0 Å². The molecule has 3 heterocycles. The monoisotopic (exact) mass is 497 g/mol. The van der Waals surface area contributed by atoms with Crippen molar-refractivity contribution in [2.75, 3.05) is 13.1 Å². The number of aromatic nitrogens is 2. The van der Waals surface area contributed by atoms with Crippen molar-refractivity contribution in [3.8, 4) is 0 Å². The quantitative estimate of drug-likeness (QED) is 0.601. The standard InChI is InChI=1S/C26H35N5O5/c1-17(2)10-11-29-14-22-30(21(24(29)32)12-20-13-27-16-28-20)25(33)23(18(3)4)36-31(22)26(34)35-15-19-8-6-5-7-9-19/h5-9,13,16-18,21-23H,10-12,14-15H2,1-4H3,(H,27,28)/t21-,22?,23+/m0/s1. The van der Waals surface area contributed by atoms with Gasteiger partial charge in [0.2, 0.25) is 5.91 Å². The van der Waals surface area contributed by atoms with Crippen molar-refractivity contribution >= 4 is 17.9 Å². The Morgan fingerprint density at radius 3 is 2.56 bits per heavy atom. The topological polar surface area (TPSA) is 108 Å². The van der Waals surface area contributed by atoms with E-state index < -0.39 is 24.4 Å². The highest BCUT2D eigenvalue weighted by atomic mass is 16.7. The summed E-state index contributed by atoms with van der Waals surface area (Å²) in [5.41, 5.74) is 1.57. The van der Waals surface area contributed by atoms with Crippen LogP contribution in [0.3, 0.4) is 0 Å². The first-order chi connectivity index (χ1) is 17.3. The van der Waals surface area contributed by atoms with Crippen LogP contribution in [0.25, 0.3) is 0 Å². The van der Waals surface area contributed by atoms with Crippen LogP contribution in [-0.4, -0.2) is 74.1 Å². The van der Waals surface area contributed by atoms with E-state index in [2.05, 4.69) is 23.8 Å². The van der Waals surface area contributed by atoms with Crippen molar-refractivity contribution in [3.05, 3.63) is 54.1 Å². The molecule has 0 radical (unpaired) electrons. The Morgan fingerprint density at radius 2 is 1.92 bits per heavy atom. The Labute approximate surface area is 211 Å². The summed E-state index contributed by atoms with van der Waals surface area (Å²) in [7, 11) is 0. The molecule has 0 bridgehead atoms. The summed E-state index contributed by atoms with van der Waals surface area (Å²) in [6, 6.07) is 8.57. The zero-order valence-electron chi connectivity index (χ0n) is 21.3. The first-order valence-corrected chi connectivity index (χ1v) is 12.5. The number of fused-ring (bicyclic) bond motifs is 1. The number of nitrogens with zero attached hydrogens (tertiary/aromatic N) is 4. The number of hydrogen-bond acceptors (Lipinski definition) is 6. The fraction of sp³-hybridized carbons (Fsp3) is 0.538. The zero-order valence-corrected chi connectivity index (χ0v) is 21.3. The Bertz CT molecular complexity index is 1040. The third-order valence-corrected chi connectivity index (χ3v) is 6.57. The predicted octanol–water partition coefficient (Wildman–Crippen LogP) is 2.97. The number of amides is 3. The molecule has 3 atom stereocenters. The number of hydroxylamine groups is 2. The van der Waals surface area contributed by atoms with Gasteiger partial charge in [0.25, 0.3) is 5.91 Å². The smallest absolute Gasteiger partial charge is 0.436 e. The average Bonchev–Trinajstić information content (AvgIpc) is 3.37. The second-order valence-electron chi connectivity index (χ2n) is 10.1. The Balaban J connectivity index is 1.64. The van der Waals surface area contributed by atoms with Gasteiger partial charge in [-0.3, -0.25) is 14.4 Å². The van der Waals surface area contributed by atoms with E-state index in [1.54, 1.807) is 17.4 Å². The minimum Gasteiger partial charge on any atom is -0.443 e. The number of hydrogen-bond donors (Lipinski definition) is 1. The van der Waals surface area contributed by atoms with E-state index >= 15 is 0 Å². The van der Waals surface area contributed by atoms with Crippen molar-refractivity contribution in [1.29, 1.82) is 0 Å². The Morgan fingerprint density at radius 1 is 1.17 bits per heavy atom. The molecular weight excluding hydrogens is 462 g/mol. The molecule has 1 aromatic heterocycles. The maximum Gasteiger partial charge on any atom is 0.436 e. The molecule has 1 aromatic carbocycles. The molecule has 2 aliphatic rings. The second-order valence-corrected chi connectivity index (χ2v) is 10.1. The highest BCUT2D eigenvalue weighted by molar-refractivity contribution is 5.92. The van der Waals surface area contributed by atoms with Crippen LogP contribution in [0.4, 0.5) is 4.79 Å². The van der Waals surface area contributed by atoms with Gasteiger partial charge >= 0.3 is 6.09 Å². The molecule has 2 aromatic rings. The van der Waals surface area contributed by atoms with Gasteiger partial charge in [0.05, 0.1) is 12.9 Å². The molecule has 0 spiro atoms. The molecule has 194 valence electrons. The number of benzene rings is 1. The number of ether oxygens (including phenoxy) is 1. The molecule has 10 heteroatoms. The second kappa shape index (κ2) is 11.1. The van der Waals surface area contributed by atoms with Crippen LogP contribution >= 0.6 is 0 Å². The number of nitrogens with one attached hydrogen (secondary N) is 1. The zero-order chi connectivity index (χ0) is 25.8.